The summed E-state index contributed by atoms with van der Waals surface area (Å²) in [5.74, 6) is -0.184. The van der Waals surface area contributed by atoms with Crippen LogP contribution in [0.15, 0.2) is 0 Å². The van der Waals surface area contributed by atoms with Crippen LogP contribution in [0.25, 0.3) is 0 Å². The third-order valence-corrected chi connectivity index (χ3v) is 3.70. The van der Waals surface area contributed by atoms with Crippen molar-refractivity contribution < 1.29 is 14.3 Å². The van der Waals surface area contributed by atoms with Gasteiger partial charge in [0.15, 0.2) is 0 Å². The maximum Gasteiger partial charge on any atom is 0.285 e. The molecule has 0 aliphatic carbocycles. The first-order valence-electron chi connectivity index (χ1n) is 4.99. The monoisotopic (exact) mass is 277 g/mol. The summed E-state index contributed by atoms with van der Waals surface area (Å²) < 4.78 is 10.8. The van der Waals surface area contributed by atoms with Crippen molar-refractivity contribution >= 4 is 28.8 Å². The largest absolute Gasteiger partial charge is 0.377 e. The molecule has 0 spiro atoms. The van der Waals surface area contributed by atoms with Gasteiger partial charge in [-0.15, -0.1) is 10.2 Å². The van der Waals surface area contributed by atoms with Gasteiger partial charge >= 0.3 is 0 Å². The van der Waals surface area contributed by atoms with Crippen LogP contribution in [-0.2, 0) is 9.47 Å². The highest BCUT2D eigenvalue weighted by molar-refractivity contribution is 7.17. The Bertz CT molecular complexity index is 402. The van der Waals surface area contributed by atoms with E-state index in [1.165, 1.54) is 0 Å². The number of ether oxygens (including phenoxy) is 2. The van der Waals surface area contributed by atoms with Crippen LogP contribution in [0.5, 0.6) is 0 Å². The molecule has 1 aromatic rings. The topological polar surface area (TPSA) is 64.5 Å². The van der Waals surface area contributed by atoms with E-state index in [1.807, 2.05) is 0 Å². The predicted octanol–water partition coefficient (Wildman–Crippen LogP) is 0.677. The smallest absolute Gasteiger partial charge is 0.285 e. The van der Waals surface area contributed by atoms with Crippen molar-refractivity contribution in [2.75, 3.05) is 27.3 Å². The van der Waals surface area contributed by atoms with Crippen molar-refractivity contribution in [3.8, 4) is 0 Å². The zero-order chi connectivity index (χ0) is 12.4. The molecule has 6 nitrogen and oxygen atoms in total. The van der Waals surface area contributed by atoms with Gasteiger partial charge in [-0.05, 0) is 11.6 Å². The summed E-state index contributed by atoms with van der Waals surface area (Å²) in [6, 6.07) is 0. The molecule has 1 fully saturated rings. The maximum atomic E-state index is 12.0. The van der Waals surface area contributed by atoms with Crippen LogP contribution >= 0.6 is 22.9 Å². The number of methoxy groups -OCH3 is 2. The van der Waals surface area contributed by atoms with Gasteiger partial charge in [0.1, 0.15) is 12.2 Å². The van der Waals surface area contributed by atoms with E-state index in [0.29, 0.717) is 18.1 Å². The van der Waals surface area contributed by atoms with Gasteiger partial charge in [0.25, 0.3) is 5.91 Å². The number of amides is 1. The minimum Gasteiger partial charge on any atom is -0.377 e. The van der Waals surface area contributed by atoms with Crippen molar-refractivity contribution in [1.29, 1.82) is 0 Å². The van der Waals surface area contributed by atoms with E-state index < -0.39 is 0 Å². The summed E-state index contributed by atoms with van der Waals surface area (Å²) in [7, 11) is 3.21. The highest BCUT2D eigenvalue weighted by Crippen LogP contribution is 2.21. The van der Waals surface area contributed by atoms with Gasteiger partial charge in [-0.25, -0.2) is 0 Å². The molecule has 17 heavy (non-hydrogen) atoms. The summed E-state index contributed by atoms with van der Waals surface area (Å²) >= 11 is 6.72. The molecule has 0 radical (unpaired) electrons. The molecule has 0 saturated carbocycles. The van der Waals surface area contributed by atoms with E-state index >= 15 is 0 Å². The van der Waals surface area contributed by atoms with Crippen molar-refractivity contribution in [2.24, 2.45) is 0 Å². The van der Waals surface area contributed by atoms with Gasteiger partial charge in [0.2, 0.25) is 9.47 Å². The number of carbonyl (C=O) groups is 1. The minimum atomic E-state index is -0.184. The third kappa shape index (κ3) is 2.57. The molecule has 0 aromatic carbocycles. The molecule has 0 bridgehead atoms. The van der Waals surface area contributed by atoms with Gasteiger partial charge in [-0.1, -0.05) is 11.3 Å². The summed E-state index contributed by atoms with van der Waals surface area (Å²) in [5, 5.41) is 7.63. The Balaban J connectivity index is 2.07. The van der Waals surface area contributed by atoms with Crippen LogP contribution in [0.1, 0.15) is 9.80 Å². The molecule has 2 unspecified atom stereocenters. The van der Waals surface area contributed by atoms with E-state index in [1.54, 1.807) is 19.1 Å². The summed E-state index contributed by atoms with van der Waals surface area (Å²) in [5.41, 5.74) is 0. The van der Waals surface area contributed by atoms with E-state index in [9.17, 15) is 4.79 Å². The SMILES string of the molecule is COC1CN(C(=O)c2nnc(Cl)s2)CC1OC. The fourth-order valence-corrected chi connectivity index (χ4v) is 2.59. The predicted molar refractivity (Wildman–Crippen MR) is 62.4 cm³/mol. The molecule has 1 aliphatic rings. The lowest BCUT2D eigenvalue weighted by atomic mass is 10.3. The second-order valence-corrected chi connectivity index (χ2v) is 5.18. The molecule has 2 rings (SSSR count). The number of rotatable bonds is 3. The second-order valence-electron chi connectivity index (χ2n) is 3.62. The first-order valence-corrected chi connectivity index (χ1v) is 6.19. The summed E-state index contributed by atoms with van der Waals surface area (Å²) in [6.07, 6.45) is -0.209. The van der Waals surface area contributed by atoms with Crippen LogP contribution in [-0.4, -0.2) is 60.5 Å². The van der Waals surface area contributed by atoms with E-state index in [-0.39, 0.29) is 22.6 Å². The number of nitrogens with zero attached hydrogens (tertiary/aromatic N) is 3. The van der Waals surface area contributed by atoms with Gasteiger partial charge in [0, 0.05) is 27.3 Å². The number of likely N-dealkylation sites (tertiary alicyclic amines) is 1. The van der Waals surface area contributed by atoms with Crippen LogP contribution in [0.2, 0.25) is 4.47 Å². The Morgan fingerprint density at radius 1 is 1.35 bits per heavy atom. The molecule has 1 saturated heterocycles. The molecule has 2 atom stereocenters. The number of hydrogen-bond donors (Lipinski definition) is 0. The first-order chi connectivity index (χ1) is 8.15. The second kappa shape index (κ2) is 5.26. The van der Waals surface area contributed by atoms with Crippen LogP contribution in [0.3, 0.4) is 0 Å². The van der Waals surface area contributed by atoms with Crippen LogP contribution < -0.4 is 0 Å². The Morgan fingerprint density at radius 3 is 2.35 bits per heavy atom. The Kier molecular flexibility index (Phi) is 3.93. The lowest BCUT2D eigenvalue weighted by molar-refractivity contribution is -0.00461. The zero-order valence-corrected chi connectivity index (χ0v) is 11.0. The lowest BCUT2D eigenvalue weighted by Gasteiger charge is -2.13. The number of hydrogen-bond acceptors (Lipinski definition) is 6. The molecule has 94 valence electrons. The lowest BCUT2D eigenvalue weighted by Crippen LogP contribution is -2.30. The highest BCUT2D eigenvalue weighted by Gasteiger charge is 2.36. The minimum absolute atomic E-state index is 0.104. The Labute approximate surface area is 107 Å². The molecular weight excluding hydrogens is 266 g/mol. The Hall–Kier alpha value is -0.760. The molecular formula is C9H12ClN3O3S. The number of aromatic nitrogens is 2. The molecule has 8 heteroatoms. The standard InChI is InChI=1S/C9H12ClN3O3S/c1-15-5-3-13(4-6(5)16-2)8(14)7-11-12-9(10)17-7/h5-6H,3-4H2,1-2H3. The van der Waals surface area contributed by atoms with E-state index in [4.69, 9.17) is 21.1 Å². The van der Waals surface area contributed by atoms with Crippen molar-refractivity contribution in [3.05, 3.63) is 9.47 Å². The van der Waals surface area contributed by atoms with Gasteiger partial charge in [-0.2, -0.15) is 0 Å². The van der Waals surface area contributed by atoms with Crippen molar-refractivity contribution in [2.45, 2.75) is 12.2 Å². The normalized spacial score (nSPS) is 24.3. The molecule has 1 aliphatic heterocycles. The molecule has 2 heterocycles. The van der Waals surface area contributed by atoms with Crippen LogP contribution in [0, 0.1) is 0 Å². The Morgan fingerprint density at radius 2 is 1.94 bits per heavy atom. The van der Waals surface area contributed by atoms with Gasteiger partial charge < -0.3 is 14.4 Å². The summed E-state index contributed by atoms with van der Waals surface area (Å²) in [4.78, 5) is 13.7. The third-order valence-electron chi connectivity index (χ3n) is 2.69. The number of carbonyl (C=O) groups excluding carboxylic acids is 1. The quantitative estimate of drug-likeness (QED) is 0.813. The number of halogens is 1. The van der Waals surface area contributed by atoms with Gasteiger partial charge in [-0.3, -0.25) is 4.79 Å². The molecule has 1 aromatic heterocycles. The average molecular weight is 278 g/mol. The van der Waals surface area contributed by atoms with Crippen molar-refractivity contribution in [1.82, 2.24) is 15.1 Å². The fourth-order valence-electron chi connectivity index (χ4n) is 1.79. The van der Waals surface area contributed by atoms with Crippen molar-refractivity contribution in [3.63, 3.8) is 0 Å². The molecule has 1 amide bonds. The first kappa shape index (κ1) is 12.7. The van der Waals surface area contributed by atoms with Gasteiger partial charge in [0.05, 0.1) is 0 Å². The van der Waals surface area contributed by atoms with Crippen LogP contribution in [0.4, 0.5) is 0 Å². The fraction of sp³-hybridized carbons (Fsp3) is 0.667. The van der Waals surface area contributed by atoms with E-state index in [2.05, 4.69) is 10.2 Å². The maximum absolute atomic E-state index is 12.0. The summed E-state index contributed by atoms with van der Waals surface area (Å²) in [6.45, 7) is 0.982. The van der Waals surface area contributed by atoms with E-state index in [0.717, 1.165) is 11.3 Å². The average Bonchev–Trinajstić information content (AvgIpc) is 2.93. The highest BCUT2D eigenvalue weighted by atomic mass is 35.5. The zero-order valence-electron chi connectivity index (χ0n) is 9.42. The molecule has 0 N–H and O–H groups in total.